The largest absolute Gasteiger partial charge is 0.119 e. The van der Waals surface area contributed by atoms with Crippen molar-refractivity contribution in [1.29, 1.82) is 0 Å². The van der Waals surface area contributed by atoms with E-state index in [1.165, 1.54) is 144 Å². The average Bonchev–Trinajstić information content (AvgIpc) is 4.13. The van der Waals surface area contributed by atoms with Gasteiger partial charge in [-0.25, -0.2) is 0 Å². The third kappa shape index (κ3) is 5.59. The maximum atomic E-state index is 3.57. The van der Waals surface area contributed by atoms with Gasteiger partial charge in [-0.05, 0) is 194 Å². The maximum absolute atomic E-state index is 3.57. The molecule has 0 spiro atoms. The molecule has 0 atom stereocenters. The predicted octanol–water partition coefficient (Wildman–Crippen LogP) is 18.3. The first-order valence-electron chi connectivity index (χ1n) is 24.9. The summed E-state index contributed by atoms with van der Waals surface area (Å²) < 4.78 is 0. The molecule has 0 radical (unpaired) electrons. The molecule has 0 saturated heterocycles. The Morgan fingerprint density at radius 1 is 0.348 bits per heavy atom. The van der Waals surface area contributed by atoms with Gasteiger partial charge in [0.25, 0.3) is 0 Å². The highest BCUT2D eigenvalue weighted by atomic mass is 14.5. The predicted molar refractivity (Wildman–Crippen MR) is 294 cm³/mol. The first kappa shape index (κ1) is 38.8. The molecule has 0 N–H and O–H groups in total. The number of benzene rings is 8. The summed E-state index contributed by atoms with van der Waals surface area (Å²) in [7, 11) is 0. The Kier molecular flexibility index (Phi) is 8.50. The van der Waals surface area contributed by atoms with Crippen LogP contribution >= 0.6 is 0 Å². The van der Waals surface area contributed by atoms with Crippen molar-refractivity contribution in [2.24, 2.45) is 11.8 Å². The van der Waals surface area contributed by atoms with Crippen LogP contribution in [0.25, 0.3) is 112 Å². The van der Waals surface area contributed by atoms with Crippen molar-refractivity contribution in [2.45, 2.75) is 25.7 Å². The highest BCUT2D eigenvalue weighted by Gasteiger charge is 2.51. The lowest BCUT2D eigenvalue weighted by molar-refractivity contribution is 0.759. The van der Waals surface area contributed by atoms with Crippen molar-refractivity contribution < 1.29 is 0 Å². The molecule has 0 aliphatic heterocycles. The number of rotatable bonds is 6. The van der Waals surface area contributed by atoms with E-state index in [0.29, 0.717) is 0 Å². The summed E-state index contributed by atoms with van der Waals surface area (Å²) in [5.74, 6) is 0.288. The number of hydrogen-bond donors (Lipinski definition) is 0. The van der Waals surface area contributed by atoms with E-state index < -0.39 is 0 Å². The topological polar surface area (TPSA) is 0 Å². The lowest BCUT2D eigenvalue weighted by atomic mass is 9.71. The van der Waals surface area contributed by atoms with E-state index in [-0.39, 0.29) is 11.8 Å². The second kappa shape index (κ2) is 15.1. The minimum Gasteiger partial charge on any atom is -0.119 e. The summed E-state index contributed by atoms with van der Waals surface area (Å²) in [6.45, 7) is 0. The van der Waals surface area contributed by atoms with Gasteiger partial charge in [-0.2, -0.15) is 0 Å². The van der Waals surface area contributed by atoms with Crippen LogP contribution in [0.1, 0.15) is 70.2 Å². The quantitative estimate of drug-likeness (QED) is 0.115. The van der Waals surface area contributed by atoms with Gasteiger partial charge in [0, 0.05) is 11.8 Å². The van der Waals surface area contributed by atoms with Crippen LogP contribution in [0.4, 0.5) is 0 Å². The summed E-state index contributed by atoms with van der Waals surface area (Å²) >= 11 is 0. The first-order chi connectivity index (χ1) is 34.3. The molecular formula is C69H46. The normalized spacial score (nSPS) is 18.6. The summed E-state index contributed by atoms with van der Waals surface area (Å²) in [4.78, 5) is 0. The second-order valence-electron chi connectivity index (χ2n) is 19.6. The zero-order valence-corrected chi connectivity index (χ0v) is 38.3. The molecule has 7 aliphatic rings. The van der Waals surface area contributed by atoms with Gasteiger partial charge in [0.2, 0.25) is 0 Å². The molecule has 7 aliphatic carbocycles. The summed E-state index contributed by atoms with van der Waals surface area (Å²) in [5.41, 5.74) is 33.4. The van der Waals surface area contributed by atoms with Gasteiger partial charge in [0.1, 0.15) is 0 Å². The van der Waals surface area contributed by atoms with Crippen molar-refractivity contribution in [3.63, 3.8) is 0 Å². The molecule has 0 saturated carbocycles. The number of allylic oxidation sites excluding steroid dienone is 16. The smallest absolute Gasteiger partial charge is 0.0212 e. The molecule has 0 amide bonds. The fourth-order valence-corrected chi connectivity index (χ4v) is 13.4. The van der Waals surface area contributed by atoms with E-state index in [2.05, 4.69) is 224 Å². The summed E-state index contributed by atoms with van der Waals surface area (Å²) in [6.07, 6.45) is 32.7. The monoisotopic (exact) mass is 874 g/mol. The SMILES string of the molecule is C1=Cc2c(c(-c3ccccc3)c3c(c2-c2ccccc2)C2=CC=C4c5c(c(-c6ccccc6C6=CC=CCC6)c6cc7ccccc7cc6c5-c5ccccc5C5=CC=CCC5)C5=CC=C3C2C45)C=1. The number of fused-ring (bicyclic) bond motifs is 9. The standard InChI is InChI=1S/C69H46/c1-5-20-42(21-6-1)48-30-15-17-32-50(48)62-58-40-46-28-13-14-29-47(46)41-59(58)63(51-33-18-16-31-49(51)43-22-7-2-8-23-43)69-57-39-37-55-64-54(36-38-56(65(57)64)68(62)69)66-60(44-24-9-3-10-25-44)52-34-19-35-53(52)61(67(55)66)45-26-11-4-12-27-45/h1-5,7,9-18,20,22,24-41,64-65H,6,8,21,23H2. The van der Waals surface area contributed by atoms with Crippen LogP contribution < -0.4 is 0 Å². The van der Waals surface area contributed by atoms with E-state index in [9.17, 15) is 0 Å². The third-order valence-corrected chi connectivity index (χ3v) is 16.2. The molecule has 322 valence electrons. The first-order valence-corrected chi connectivity index (χ1v) is 24.9. The van der Waals surface area contributed by atoms with Crippen LogP contribution in [0.3, 0.4) is 0 Å². The lowest BCUT2D eigenvalue weighted by Crippen LogP contribution is -2.18. The molecule has 0 bridgehead atoms. The van der Waals surface area contributed by atoms with E-state index in [0.717, 1.165) is 25.7 Å². The Balaban J connectivity index is 1.10. The van der Waals surface area contributed by atoms with Crippen LogP contribution in [-0.4, -0.2) is 0 Å². The van der Waals surface area contributed by atoms with Crippen LogP contribution in [0.2, 0.25) is 0 Å². The Morgan fingerprint density at radius 3 is 1.13 bits per heavy atom. The molecule has 0 heterocycles. The molecule has 15 rings (SSSR count). The average molecular weight is 875 g/mol. The minimum atomic E-state index is 0.136. The van der Waals surface area contributed by atoms with Gasteiger partial charge in [-0.15, -0.1) is 5.73 Å². The highest BCUT2D eigenvalue weighted by Crippen LogP contribution is 2.69. The van der Waals surface area contributed by atoms with Crippen molar-refractivity contribution in [2.75, 3.05) is 0 Å². The Morgan fingerprint density at radius 2 is 0.725 bits per heavy atom. The molecular weight excluding hydrogens is 829 g/mol. The third-order valence-electron chi connectivity index (χ3n) is 16.2. The van der Waals surface area contributed by atoms with E-state index in [1.54, 1.807) is 0 Å². The Bertz CT molecular complexity index is 3700. The zero-order chi connectivity index (χ0) is 45.2. The molecule has 0 fully saturated rings. The highest BCUT2D eigenvalue weighted by molar-refractivity contribution is 6.24. The molecule has 0 heteroatoms. The Hall–Kier alpha value is -8.28. The van der Waals surface area contributed by atoms with Crippen molar-refractivity contribution in [3.8, 4) is 44.5 Å². The van der Waals surface area contributed by atoms with E-state index >= 15 is 0 Å². The van der Waals surface area contributed by atoms with Crippen molar-refractivity contribution >= 4 is 67.1 Å². The van der Waals surface area contributed by atoms with Crippen LogP contribution in [0.5, 0.6) is 0 Å². The van der Waals surface area contributed by atoms with Crippen LogP contribution in [0.15, 0.2) is 212 Å². The molecule has 0 aromatic heterocycles. The summed E-state index contributed by atoms with van der Waals surface area (Å²) in [5, 5.41) is 5.18. The lowest BCUT2D eigenvalue weighted by Gasteiger charge is -2.31. The van der Waals surface area contributed by atoms with Gasteiger partial charge < -0.3 is 0 Å². The second-order valence-corrected chi connectivity index (χ2v) is 19.6. The molecule has 8 aromatic carbocycles. The maximum Gasteiger partial charge on any atom is 0.0212 e. The fraction of sp³-hybridized carbons (Fsp3) is 0.0870. The zero-order valence-electron chi connectivity index (χ0n) is 38.3. The molecule has 0 nitrogen and oxygen atoms in total. The molecule has 69 heavy (non-hydrogen) atoms. The summed E-state index contributed by atoms with van der Waals surface area (Å²) in [6, 6.07) is 54.9. The van der Waals surface area contributed by atoms with Gasteiger partial charge >= 0.3 is 0 Å². The fourth-order valence-electron chi connectivity index (χ4n) is 13.4. The van der Waals surface area contributed by atoms with Crippen LogP contribution in [-0.2, 0) is 0 Å². The van der Waals surface area contributed by atoms with Gasteiger partial charge in [0.15, 0.2) is 0 Å². The van der Waals surface area contributed by atoms with Gasteiger partial charge in [-0.1, -0.05) is 194 Å². The van der Waals surface area contributed by atoms with Crippen LogP contribution in [0, 0.1) is 11.8 Å². The van der Waals surface area contributed by atoms with E-state index in [1.807, 2.05) is 0 Å². The Labute approximate surface area is 403 Å². The van der Waals surface area contributed by atoms with Crippen molar-refractivity contribution in [1.82, 2.24) is 0 Å². The minimum absolute atomic E-state index is 0.136. The van der Waals surface area contributed by atoms with Gasteiger partial charge in [0.05, 0.1) is 0 Å². The molecule has 8 aromatic rings. The van der Waals surface area contributed by atoms with Gasteiger partial charge in [-0.3, -0.25) is 0 Å². The molecule has 0 unspecified atom stereocenters. The van der Waals surface area contributed by atoms with Crippen molar-refractivity contribution in [3.05, 3.63) is 257 Å². The number of hydrogen-bond acceptors (Lipinski definition) is 0. The van der Waals surface area contributed by atoms with E-state index in [4.69, 9.17) is 0 Å².